The van der Waals surface area contributed by atoms with Crippen LogP contribution in [0.5, 0.6) is 11.5 Å². The van der Waals surface area contributed by atoms with Crippen molar-refractivity contribution in [1.29, 1.82) is 0 Å². The number of hydrogen-bond donors (Lipinski definition) is 0. The van der Waals surface area contributed by atoms with Gasteiger partial charge in [0, 0.05) is 11.1 Å². The second-order valence-electron chi connectivity index (χ2n) is 3.72. The smallest absolute Gasteiger partial charge is 0.173 e. The first kappa shape index (κ1) is 14.8. The van der Waals surface area contributed by atoms with Gasteiger partial charge in [0.15, 0.2) is 4.67 Å². The highest BCUT2D eigenvalue weighted by atomic mass is 79.9. The Bertz CT molecular complexity index is 583. The molecule has 0 fully saturated rings. The fourth-order valence-corrected chi connectivity index (χ4v) is 3.40. The normalized spacial score (nSPS) is 12.3. The third-order valence-electron chi connectivity index (χ3n) is 2.71. The van der Waals surface area contributed by atoms with Gasteiger partial charge in [0.1, 0.15) is 16.0 Å². The van der Waals surface area contributed by atoms with Crippen molar-refractivity contribution >= 4 is 43.5 Å². The molecule has 0 aliphatic rings. The fourth-order valence-electron chi connectivity index (χ4n) is 1.77. The van der Waals surface area contributed by atoms with Gasteiger partial charge in [-0.05, 0) is 50.1 Å². The number of furan rings is 1. The van der Waals surface area contributed by atoms with E-state index >= 15 is 0 Å². The number of alkyl halides is 1. The molecule has 0 bridgehead atoms. The summed E-state index contributed by atoms with van der Waals surface area (Å²) in [5, 5.41) is -0.384. The molecule has 1 heterocycles. The van der Waals surface area contributed by atoms with Crippen molar-refractivity contribution < 1.29 is 13.9 Å². The van der Waals surface area contributed by atoms with Crippen LogP contribution in [0.1, 0.15) is 16.5 Å². The predicted octanol–water partition coefficient (Wildman–Crippen LogP) is 5.15. The highest BCUT2D eigenvalue weighted by Crippen LogP contribution is 2.44. The zero-order chi connectivity index (χ0) is 14.0. The molecule has 0 saturated heterocycles. The van der Waals surface area contributed by atoms with Crippen LogP contribution in [0.15, 0.2) is 38.0 Å². The van der Waals surface area contributed by atoms with Crippen LogP contribution in [0.25, 0.3) is 0 Å². The third-order valence-corrected chi connectivity index (χ3v) is 4.57. The van der Waals surface area contributed by atoms with Gasteiger partial charge in [-0.25, -0.2) is 0 Å². The Balaban J connectivity index is 2.51. The lowest BCUT2D eigenvalue weighted by atomic mass is 10.1. The number of hydrogen-bond acceptors (Lipinski definition) is 3. The molecule has 0 amide bonds. The van der Waals surface area contributed by atoms with E-state index in [1.54, 1.807) is 20.5 Å². The van der Waals surface area contributed by atoms with Crippen LogP contribution in [0.3, 0.4) is 0 Å². The van der Waals surface area contributed by atoms with E-state index in [-0.39, 0.29) is 5.38 Å². The first-order valence-corrected chi connectivity index (χ1v) is 7.39. The summed E-state index contributed by atoms with van der Waals surface area (Å²) in [6.45, 7) is 0. The summed E-state index contributed by atoms with van der Waals surface area (Å²) in [6, 6.07) is 5.53. The molecule has 2 rings (SSSR count). The molecule has 0 N–H and O–H groups in total. The van der Waals surface area contributed by atoms with Crippen LogP contribution in [0.2, 0.25) is 0 Å². The molecule has 6 heteroatoms. The van der Waals surface area contributed by atoms with Crippen LogP contribution >= 0.6 is 43.5 Å². The Morgan fingerprint density at radius 3 is 2.37 bits per heavy atom. The average Bonchev–Trinajstić information content (AvgIpc) is 2.83. The first-order valence-electron chi connectivity index (χ1n) is 5.37. The third kappa shape index (κ3) is 2.78. The van der Waals surface area contributed by atoms with Crippen LogP contribution < -0.4 is 9.47 Å². The van der Waals surface area contributed by atoms with E-state index in [2.05, 4.69) is 31.9 Å². The molecule has 0 radical (unpaired) electrons. The van der Waals surface area contributed by atoms with E-state index in [1.807, 2.05) is 18.2 Å². The highest BCUT2D eigenvalue weighted by molar-refractivity contribution is 9.10. The van der Waals surface area contributed by atoms with Gasteiger partial charge < -0.3 is 13.9 Å². The van der Waals surface area contributed by atoms with Gasteiger partial charge in [-0.1, -0.05) is 0 Å². The lowest BCUT2D eigenvalue weighted by Crippen LogP contribution is -1.99. The van der Waals surface area contributed by atoms with Gasteiger partial charge in [0.05, 0.1) is 25.9 Å². The Morgan fingerprint density at radius 1 is 1.11 bits per heavy atom. The summed E-state index contributed by atoms with van der Waals surface area (Å²) >= 11 is 13.3. The molecule has 19 heavy (non-hydrogen) atoms. The molecule has 3 nitrogen and oxygen atoms in total. The maximum Gasteiger partial charge on any atom is 0.173 e. The molecule has 1 aromatic carbocycles. The average molecular weight is 410 g/mol. The van der Waals surface area contributed by atoms with Gasteiger partial charge in [-0.15, -0.1) is 11.6 Å². The monoisotopic (exact) mass is 408 g/mol. The van der Waals surface area contributed by atoms with E-state index in [0.717, 1.165) is 15.6 Å². The molecule has 1 aromatic heterocycles. The Kier molecular flexibility index (Phi) is 4.81. The lowest BCUT2D eigenvalue weighted by Gasteiger charge is -2.16. The quantitative estimate of drug-likeness (QED) is 0.654. The standard InChI is InChI=1S/C13H11Br2ClO3/c1-17-9-4-3-7(12(18-2)10(9)14)11(16)8-5-6-19-13(8)15/h3-6,11H,1-2H3. The molecule has 2 aromatic rings. The van der Waals surface area contributed by atoms with E-state index in [0.29, 0.717) is 16.2 Å². The molecular formula is C13H11Br2ClO3. The zero-order valence-electron chi connectivity index (χ0n) is 10.2. The van der Waals surface area contributed by atoms with Gasteiger partial charge in [-0.2, -0.15) is 0 Å². The van der Waals surface area contributed by atoms with Crippen LogP contribution in [0.4, 0.5) is 0 Å². The maximum atomic E-state index is 6.50. The van der Waals surface area contributed by atoms with Crippen molar-refractivity contribution in [2.75, 3.05) is 14.2 Å². The summed E-state index contributed by atoms with van der Waals surface area (Å²) < 4.78 is 17.2. The van der Waals surface area contributed by atoms with Crippen LogP contribution in [-0.2, 0) is 0 Å². The molecular weight excluding hydrogens is 399 g/mol. The first-order chi connectivity index (χ1) is 9.10. The summed E-state index contributed by atoms with van der Waals surface area (Å²) in [4.78, 5) is 0. The van der Waals surface area contributed by atoms with Crippen molar-refractivity contribution in [1.82, 2.24) is 0 Å². The van der Waals surface area contributed by atoms with E-state index in [9.17, 15) is 0 Å². The minimum atomic E-state index is -0.384. The number of methoxy groups -OCH3 is 2. The van der Waals surface area contributed by atoms with E-state index in [4.69, 9.17) is 25.5 Å². The van der Waals surface area contributed by atoms with Crippen molar-refractivity contribution in [3.63, 3.8) is 0 Å². The molecule has 0 spiro atoms. The molecule has 0 aliphatic carbocycles. The van der Waals surface area contributed by atoms with Crippen LogP contribution in [0, 0.1) is 0 Å². The van der Waals surface area contributed by atoms with Crippen LogP contribution in [-0.4, -0.2) is 14.2 Å². The largest absolute Gasteiger partial charge is 0.495 e. The molecule has 0 saturated carbocycles. The second-order valence-corrected chi connectivity index (χ2v) is 5.67. The maximum absolute atomic E-state index is 6.50. The lowest BCUT2D eigenvalue weighted by molar-refractivity contribution is 0.386. The molecule has 102 valence electrons. The Hall–Kier alpha value is -0.650. The van der Waals surface area contributed by atoms with Gasteiger partial charge >= 0.3 is 0 Å². The summed E-state index contributed by atoms with van der Waals surface area (Å²) in [7, 11) is 3.20. The van der Waals surface area contributed by atoms with E-state index in [1.165, 1.54) is 0 Å². The Morgan fingerprint density at radius 2 is 1.84 bits per heavy atom. The van der Waals surface area contributed by atoms with Gasteiger partial charge in [0.25, 0.3) is 0 Å². The summed E-state index contributed by atoms with van der Waals surface area (Å²) in [6.07, 6.45) is 1.58. The number of benzene rings is 1. The molecule has 0 aliphatic heterocycles. The topological polar surface area (TPSA) is 31.6 Å². The summed E-state index contributed by atoms with van der Waals surface area (Å²) in [5.41, 5.74) is 1.68. The number of ether oxygens (including phenoxy) is 2. The van der Waals surface area contributed by atoms with Gasteiger partial charge in [0.2, 0.25) is 0 Å². The van der Waals surface area contributed by atoms with Crippen molar-refractivity contribution in [2.45, 2.75) is 5.38 Å². The fraction of sp³-hybridized carbons (Fsp3) is 0.231. The highest BCUT2D eigenvalue weighted by Gasteiger charge is 2.23. The van der Waals surface area contributed by atoms with Gasteiger partial charge in [-0.3, -0.25) is 0 Å². The minimum Gasteiger partial charge on any atom is -0.495 e. The SMILES string of the molecule is COc1ccc(C(Cl)c2ccoc2Br)c(OC)c1Br. The summed E-state index contributed by atoms with van der Waals surface area (Å²) in [5.74, 6) is 1.34. The Labute approximate surface area is 133 Å². The van der Waals surface area contributed by atoms with Crippen molar-refractivity contribution in [2.24, 2.45) is 0 Å². The predicted molar refractivity (Wildman–Crippen MR) is 81.4 cm³/mol. The number of halogens is 3. The minimum absolute atomic E-state index is 0.384. The van der Waals surface area contributed by atoms with Crippen molar-refractivity contribution in [3.8, 4) is 11.5 Å². The number of rotatable bonds is 4. The van der Waals surface area contributed by atoms with Crippen molar-refractivity contribution in [3.05, 3.63) is 44.7 Å². The molecule has 1 atom stereocenters. The second kappa shape index (κ2) is 6.20. The van der Waals surface area contributed by atoms with E-state index < -0.39 is 0 Å². The zero-order valence-corrected chi connectivity index (χ0v) is 14.2. The molecule has 1 unspecified atom stereocenters.